The Morgan fingerprint density at radius 1 is 1.29 bits per heavy atom. The molecule has 0 aliphatic carbocycles. The predicted octanol–water partition coefficient (Wildman–Crippen LogP) is 3.45. The topological polar surface area (TPSA) is 68.0 Å². The second-order valence-corrected chi connectivity index (χ2v) is 5.14. The maximum atomic E-state index is 11.9. The van der Waals surface area contributed by atoms with Crippen LogP contribution in [0.15, 0.2) is 58.7 Å². The molecule has 21 heavy (non-hydrogen) atoms. The predicted molar refractivity (Wildman–Crippen MR) is 81.7 cm³/mol. The highest BCUT2D eigenvalue weighted by molar-refractivity contribution is 7.10. The van der Waals surface area contributed by atoms with Crippen molar-refractivity contribution >= 4 is 29.0 Å². The molecular formula is C15H11N3O2S. The van der Waals surface area contributed by atoms with Crippen LogP contribution in [0.4, 0.5) is 5.69 Å². The van der Waals surface area contributed by atoms with E-state index in [0.29, 0.717) is 11.6 Å². The first-order valence-electron chi connectivity index (χ1n) is 6.20. The van der Waals surface area contributed by atoms with Crippen molar-refractivity contribution in [2.75, 3.05) is 5.32 Å². The van der Waals surface area contributed by atoms with Gasteiger partial charge in [-0.15, -0.1) is 21.5 Å². The number of amides is 1. The van der Waals surface area contributed by atoms with Gasteiger partial charge < -0.3 is 9.73 Å². The second kappa shape index (κ2) is 6.15. The zero-order chi connectivity index (χ0) is 14.5. The van der Waals surface area contributed by atoms with Gasteiger partial charge in [-0.25, -0.2) is 0 Å². The Labute approximate surface area is 125 Å². The number of carbonyl (C=O) groups is 1. The van der Waals surface area contributed by atoms with Gasteiger partial charge in [-0.2, -0.15) is 0 Å². The summed E-state index contributed by atoms with van der Waals surface area (Å²) in [6.07, 6.45) is 4.55. The highest BCUT2D eigenvalue weighted by atomic mass is 32.1. The largest absolute Gasteiger partial charge is 0.423 e. The lowest BCUT2D eigenvalue weighted by Crippen LogP contribution is -2.07. The Balaban J connectivity index is 1.70. The number of thiophene rings is 1. The summed E-state index contributed by atoms with van der Waals surface area (Å²) in [5.41, 5.74) is 1.43. The molecule has 0 saturated carbocycles. The Hall–Kier alpha value is -2.73. The van der Waals surface area contributed by atoms with Crippen molar-refractivity contribution in [2.45, 2.75) is 0 Å². The summed E-state index contributed by atoms with van der Waals surface area (Å²) in [6, 6.07) is 11.1. The molecule has 2 heterocycles. The van der Waals surface area contributed by atoms with Gasteiger partial charge in [0.1, 0.15) is 0 Å². The maximum absolute atomic E-state index is 11.9. The summed E-state index contributed by atoms with van der Waals surface area (Å²) in [4.78, 5) is 12.9. The van der Waals surface area contributed by atoms with Crippen LogP contribution in [0.2, 0.25) is 0 Å². The number of nitrogens with one attached hydrogen (secondary N) is 1. The van der Waals surface area contributed by atoms with Crippen LogP contribution in [0.25, 0.3) is 17.5 Å². The number of nitrogens with zero attached hydrogens (tertiary/aromatic N) is 2. The van der Waals surface area contributed by atoms with Crippen LogP contribution in [0.5, 0.6) is 0 Å². The average molecular weight is 297 g/mol. The minimum Gasteiger partial charge on any atom is -0.423 e. The standard InChI is InChI=1S/C15H11N3O2S/c19-14(7-6-13-5-2-8-21-13)17-12-4-1-3-11(9-12)15-18-16-10-20-15/h1-10H,(H,17,19). The molecule has 0 saturated heterocycles. The molecule has 5 nitrogen and oxygen atoms in total. The highest BCUT2D eigenvalue weighted by Crippen LogP contribution is 2.20. The monoisotopic (exact) mass is 297 g/mol. The Morgan fingerprint density at radius 3 is 3.00 bits per heavy atom. The lowest BCUT2D eigenvalue weighted by atomic mass is 10.2. The van der Waals surface area contributed by atoms with E-state index < -0.39 is 0 Å². The van der Waals surface area contributed by atoms with Gasteiger partial charge in [0.05, 0.1) is 0 Å². The van der Waals surface area contributed by atoms with Gasteiger partial charge in [0.25, 0.3) is 0 Å². The molecule has 3 aromatic rings. The van der Waals surface area contributed by atoms with E-state index in [0.717, 1.165) is 10.4 Å². The first kappa shape index (κ1) is 13.3. The zero-order valence-corrected chi connectivity index (χ0v) is 11.7. The van der Waals surface area contributed by atoms with E-state index in [1.54, 1.807) is 29.5 Å². The Bertz CT molecular complexity index is 749. The molecule has 6 heteroatoms. The third kappa shape index (κ3) is 3.43. The number of hydrogen-bond donors (Lipinski definition) is 1. The molecule has 0 aliphatic heterocycles. The van der Waals surface area contributed by atoms with Crippen LogP contribution < -0.4 is 5.32 Å². The molecule has 0 bridgehead atoms. The molecule has 1 amide bonds. The quantitative estimate of drug-likeness (QED) is 0.749. The van der Waals surface area contributed by atoms with Gasteiger partial charge in [0.2, 0.25) is 18.2 Å². The number of rotatable bonds is 4. The molecule has 3 rings (SSSR count). The molecule has 0 aliphatic rings. The van der Waals surface area contributed by atoms with E-state index in [4.69, 9.17) is 4.42 Å². The molecule has 0 spiro atoms. The molecule has 104 valence electrons. The van der Waals surface area contributed by atoms with Gasteiger partial charge in [0, 0.05) is 22.2 Å². The van der Waals surface area contributed by atoms with Crippen LogP contribution in [-0.4, -0.2) is 16.1 Å². The van der Waals surface area contributed by atoms with E-state index >= 15 is 0 Å². The van der Waals surface area contributed by atoms with Crippen LogP contribution in [0, 0.1) is 0 Å². The summed E-state index contributed by atoms with van der Waals surface area (Å²) in [5.74, 6) is 0.228. The Morgan fingerprint density at radius 2 is 2.24 bits per heavy atom. The van der Waals surface area contributed by atoms with Gasteiger partial charge in [0.15, 0.2) is 0 Å². The van der Waals surface area contributed by atoms with Crippen molar-refractivity contribution < 1.29 is 9.21 Å². The minimum absolute atomic E-state index is 0.189. The lowest BCUT2D eigenvalue weighted by molar-refractivity contribution is -0.111. The van der Waals surface area contributed by atoms with Crippen molar-refractivity contribution in [3.05, 3.63) is 59.1 Å². The number of aromatic nitrogens is 2. The van der Waals surface area contributed by atoms with E-state index in [1.165, 1.54) is 12.5 Å². The van der Waals surface area contributed by atoms with E-state index in [2.05, 4.69) is 15.5 Å². The first-order chi connectivity index (χ1) is 10.3. The van der Waals surface area contributed by atoms with E-state index in [1.807, 2.05) is 29.6 Å². The van der Waals surface area contributed by atoms with Gasteiger partial charge in [-0.1, -0.05) is 12.1 Å². The van der Waals surface area contributed by atoms with Crippen molar-refractivity contribution in [3.63, 3.8) is 0 Å². The molecule has 0 unspecified atom stereocenters. The lowest BCUT2D eigenvalue weighted by Gasteiger charge is -2.03. The van der Waals surface area contributed by atoms with Gasteiger partial charge in [-0.3, -0.25) is 4.79 Å². The summed E-state index contributed by atoms with van der Waals surface area (Å²) in [7, 11) is 0. The van der Waals surface area contributed by atoms with Crippen LogP contribution in [0.1, 0.15) is 4.88 Å². The molecule has 0 radical (unpaired) electrons. The first-order valence-corrected chi connectivity index (χ1v) is 7.08. The van der Waals surface area contributed by atoms with Crippen LogP contribution >= 0.6 is 11.3 Å². The molecule has 0 atom stereocenters. The fourth-order valence-electron chi connectivity index (χ4n) is 1.76. The fraction of sp³-hybridized carbons (Fsp3) is 0. The second-order valence-electron chi connectivity index (χ2n) is 4.16. The van der Waals surface area contributed by atoms with Crippen molar-refractivity contribution in [2.24, 2.45) is 0 Å². The third-order valence-electron chi connectivity index (χ3n) is 2.68. The maximum Gasteiger partial charge on any atom is 0.248 e. The van der Waals surface area contributed by atoms with Gasteiger partial charge in [-0.05, 0) is 35.7 Å². The third-order valence-corrected chi connectivity index (χ3v) is 3.52. The SMILES string of the molecule is O=C(C=Cc1cccs1)Nc1cccc(-c2nnco2)c1. The van der Waals surface area contributed by atoms with E-state index in [9.17, 15) is 4.79 Å². The summed E-state index contributed by atoms with van der Waals surface area (Å²) >= 11 is 1.58. The molecular weight excluding hydrogens is 286 g/mol. The van der Waals surface area contributed by atoms with Crippen molar-refractivity contribution in [1.82, 2.24) is 10.2 Å². The van der Waals surface area contributed by atoms with Crippen molar-refractivity contribution in [1.29, 1.82) is 0 Å². The van der Waals surface area contributed by atoms with Crippen LogP contribution in [-0.2, 0) is 4.79 Å². The number of anilines is 1. The smallest absolute Gasteiger partial charge is 0.248 e. The number of carbonyl (C=O) groups excluding carboxylic acids is 1. The molecule has 2 aromatic heterocycles. The van der Waals surface area contributed by atoms with Crippen LogP contribution in [0.3, 0.4) is 0 Å². The minimum atomic E-state index is -0.189. The summed E-state index contributed by atoms with van der Waals surface area (Å²) in [5, 5.41) is 12.2. The summed E-state index contributed by atoms with van der Waals surface area (Å²) < 4.78 is 5.13. The Kier molecular flexibility index (Phi) is 3.88. The molecule has 1 aromatic carbocycles. The normalized spacial score (nSPS) is 10.9. The van der Waals surface area contributed by atoms with E-state index in [-0.39, 0.29) is 5.91 Å². The fourth-order valence-corrected chi connectivity index (χ4v) is 2.37. The number of hydrogen-bond acceptors (Lipinski definition) is 5. The summed E-state index contributed by atoms with van der Waals surface area (Å²) in [6.45, 7) is 0. The highest BCUT2D eigenvalue weighted by Gasteiger charge is 2.05. The average Bonchev–Trinajstić information content (AvgIpc) is 3.19. The molecule has 1 N–H and O–H groups in total. The molecule has 0 fully saturated rings. The number of benzene rings is 1. The zero-order valence-electron chi connectivity index (χ0n) is 10.9. The van der Waals surface area contributed by atoms with Gasteiger partial charge >= 0.3 is 0 Å². The van der Waals surface area contributed by atoms with Crippen molar-refractivity contribution in [3.8, 4) is 11.5 Å².